The summed E-state index contributed by atoms with van der Waals surface area (Å²) in [6.45, 7) is 4.97. The van der Waals surface area contributed by atoms with Crippen molar-refractivity contribution in [3.05, 3.63) is 34.7 Å². The Hall–Kier alpha value is -2.04. The van der Waals surface area contributed by atoms with Crippen LogP contribution in [0, 0.1) is 11.3 Å². The molecule has 0 spiro atoms. The van der Waals surface area contributed by atoms with E-state index in [0.29, 0.717) is 5.56 Å². The molecule has 0 bridgehead atoms. The minimum atomic E-state index is -4.45. The summed E-state index contributed by atoms with van der Waals surface area (Å²) < 4.78 is 32.2. The molecule has 11 heteroatoms. The molecule has 166 valence electrons. The van der Waals surface area contributed by atoms with Gasteiger partial charge in [0.1, 0.15) is 30.4 Å². The van der Waals surface area contributed by atoms with E-state index in [4.69, 9.17) is 9.84 Å². The van der Waals surface area contributed by atoms with Gasteiger partial charge in [-0.25, -0.2) is 8.42 Å². The molecule has 1 aliphatic rings. The SMILES string of the molecule is CCN(CC)c1ccc(C=C(C#N)S(=O)(=O)NC2C(O)OC(CO)C(O)C2O)cc1. The number of nitrogens with one attached hydrogen (secondary N) is 1. The lowest BCUT2D eigenvalue weighted by Gasteiger charge is -2.40. The number of ether oxygens (including phenoxy) is 1. The minimum absolute atomic E-state index is 0.467. The molecule has 1 fully saturated rings. The summed E-state index contributed by atoms with van der Waals surface area (Å²) in [6.07, 6.45) is -5.33. The van der Waals surface area contributed by atoms with Gasteiger partial charge in [-0.3, -0.25) is 0 Å². The highest BCUT2D eigenvalue weighted by Gasteiger charge is 2.45. The van der Waals surface area contributed by atoms with Crippen LogP contribution >= 0.6 is 0 Å². The van der Waals surface area contributed by atoms with E-state index in [1.165, 1.54) is 0 Å². The zero-order valence-corrected chi connectivity index (χ0v) is 17.5. The molecule has 5 atom stereocenters. The van der Waals surface area contributed by atoms with Gasteiger partial charge in [-0.1, -0.05) is 12.1 Å². The Balaban J connectivity index is 2.24. The Bertz CT molecular complexity index is 878. The molecule has 1 aliphatic heterocycles. The molecule has 1 aromatic rings. The van der Waals surface area contributed by atoms with Gasteiger partial charge in [0.05, 0.1) is 6.61 Å². The van der Waals surface area contributed by atoms with Gasteiger partial charge >= 0.3 is 0 Å². The largest absolute Gasteiger partial charge is 0.394 e. The van der Waals surface area contributed by atoms with Crippen LogP contribution in [0.5, 0.6) is 0 Å². The van der Waals surface area contributed by atoms with E-state index in [0.717, 1.165) is 24.9 Å². The third-order valence-electron chi connectivity index (χ3n) is 4.91. The van der Waals surface area contributed by atoms with Crippen LogP contribution in [0.4, 0.5) is 5.69 Å². The van der Waals surface area contributed by atoms with Gasteiger partial charge < -0.3 is 30.1 Å². The summed E-state index contributed by atoms with van der Waals surface area (Å²) in [5.74, 6) is 0. The Morgan fingerprint density at radius 2 is 1.80 bits per heavy atom. The molecule has 2 rings (SSSR count). The van der Waals surface area contributed by atoms with Gasteiger partial charge in [0.15, 0.2) is 11.2 Å². The van der Waals surface area contributed by atoms with Crippen molar-refractivity contribution in [2.45, 2.75) is 44.5 Å². The standard InChI is InChI=1S/C19H27N3O7S/c1-3-22(4-2)13-7-5-12(6-8-13)9-14(10-20)30(27,28)21-16-18(25)17(24)15(11-23)29-19(16)26/h5-9,15-19,21,23-26H,3-4,11H2,1-2H3. The van der Waals surface area contributed by atoms with Crippen molar-refractivity contribution >= 4 is 21.8 Å². The van der Waals surface area contributed by atoms with Crippen molar-refractivity contribution < 1.29 is 33.6 Å². The number of aliphatic hydroxyl groups excluding tert-OH is 4. The van der Waals surface area contributed by atoms with Crippen LogP contribution in [0.2, 0.25) is 0 Å². The predicted molar refractivity (Wildman–Crippen MR) is 109 cm³/mol. The average molecular weight is 442 g/mol. The zero-order chi connectivity index (χ0) is 22.5. The fraction of sp³-hybridized carbons (Fsp3) is 0.526. The van der Waals surface area contributed by atoms with Crippen LogP contribution in [0.1, 0.15) is 19.4 Å². The lowest BCUT2D eigenvalue weighted by molar-refractivity contribution is -0.251. The molecule has 5 unspecified atom stereocenters. The number of rotatable bonds is 8. The Labute approximate surface area is 175 Å². The molecular weight excluding hydrogens is 414 g/mol. The van der Waals surface area contributed by atoms with Gasteiger partial charge in [0, 0.05) is 18.8 Å². The van der Waals surface area contributed by atoms with Crippen molar-refractivity contribution in [2.75, 3.05) is 24.6 Å². The first kappa shape index (κ1) is 24.2. The fourth-order valence-electron chi connectivity index (χ4n) is 3.16. The van der Waals surface area contributed by atoms with E-state index in [-0.39, 0.29) is 0 Å². The first-order valence-electron chi connectivity index (χ1n) is 9.48. The maximum absolute atomic E-state index is 12.6. The molecule has 30 heavy (non-hydrogen) atoms. The van der Waals surface area contributed by atoms with Gasteiger partial charge in [-0.2, -0.15) is 9.98 Å². The highest BCUT2D eigenvalue weighted by atomic mass is 32.2. The topological polar surface area (TPSA) is 163 Å². The van der Waals surface area contributed by atoms with Crippen LogP contribution in [0.25, 0.3) is 6.08 Å². The van der Waals surface area contributed by atoms with Crippen molar-refractivity contribution in [1.82, 2.24) is 4.72 Å². The second-order valence-electron chi connectivity index (χ2n) is 6.76. The molecule has 1 saturated heterocycles. The van der Waals surface area contributed by atoms with Gasteiger partial charge in [0.2, 0.25) is 0 Å². The maximum Gasteiger partial charge on any atom is 0.251 e. The second-order valence-corrected chi connectivity index (χ2v) is 8.44. The number of benzene rings is 1. The summed E-state index contributed by atoms with van der Waals surface area (Å²) in [7, 11) is -4.45. The summed E-state index contributed by atoms with van der Waals surface area (Å²) >= 11 is 0. The van der Waals surface area contributed by atoms with Crippen molar-refractivity contribution in [1.29, 1.82) is 5.26 Å². The van der Waals surface area contributed by atoms with E-state index < -0.39 is 52.2 Å². The number of nitrogens with zero attached hydrogens (tertiary/aromatic N) is 2. The third kappa shape index (κ3) is 5.35. The van der Waals surface area contributed by atoms with Crippen LogP contribution < -0.4 is 9.62 Å². The molecule has 0 amide bonds. The molecule has 0 saturated carbocycles. The van der Waals surface area contributed by atoms with Crippen LogP contribution in [0.3, 0.4) is 0 Å². The molecular formula is C19H27N3O7S. The molecule has 10 nitrogen and oxygen atoms in total. The lowest BCUT2D eigenvalue weighted by atomic mass is 9.98. The summed E-state index contributed by atoms with van der Waals surface area (Å²) in [5.41, 5.74) is 1.42. The average Bonchev–Trinajstić information content (AvgIpc) is 2.73. The number of anilines is 1. The van der Waals surface area contributed by atoms with Crippen molar-refractivity contribution in [3.63, 3.8) is 0 Å². The van der Waals surface area contributed by atoms with E-state index in [1.807, 2.05) is 30.7 Å². The number of hydrogen-bond donors (Lipinski definition) is 5. The van der Waals surface area contributed by atoms with Gasteiger partial charge in [-0.05, 0) is 37.6 Å². The molecule has 1 heterocycles. The predicted octanol–water partition coefficient (Wildman–Crippen LogP) is -0.883. The number of allylic oxidation sites excluding steroid dienone is 1. The third-order valence-corrected chi connectivity index (χ3v) is 6.28. The monoisotopic (exact) mass is 441 g/mol. The second kappa shape index (κ2) is 10.3. The lowest BCUT2D eigenvalue weighted by Crippen LogP contribution is -2.64. The number of hydrogen-bond acceptors (Lipinski definition) is 9. The van der Waals surface area contributed by atoms with Gasteiger partial charge in [-0.15, -0.1) is 0 Å². The van der Waals surface area contributed by atoms with Gasteiger partial charge in [0.25, 0.3) is 10.0 Å². The van der Waals surface area contributed by atoms with E-state index in [1.54, 1.807) is 18.2 Å². The van der Waals surface area contributed by atoms with E-state index in [9.17, 15) is 29.0 Å². The van der Waals surface area contributed by atoms with Crippen LogP contribution in [-0.4, -0.2) is 79.2 Å². The molecule has 5 N–H and O–H groups in total. The van der Waals surface area contributed by atoms with Crippen molar-refractivity contribution in [2.24, 2.45) is 0 Å². The quantitative estimate of drug-likeness (QED) is 0.322. The summed E-state index contributed by atoms with van der Waals surface area (Å²) in [6, 6.07) is 6.92. The van der Waals surface area contributed by atoms with Crippen molar-refractivity contribution in [3.8, 4) is 6.07 Å². The first-order chi connectivity index (χ1) is 14.2. The molecule has 1 aromatic carbocycles. The van der Waals surface area contributed by atoms with Crippen LogP contribution in [-0.2, 0) is 14.8 Å². The molecule has 0 radical (unpaired) electrons. The normalized spacial score (nSPS) is 27.5. The minimum Gasteiger partial charge on any atom is -0.394 e. The fourth-order valence-corrected chi connectivity index (χ4v) is 4.31. The zero-order valence-electron chi connectivity index (χ0n) is 16.7. The van der Waals surface area contributed by atoms with Crippen LogP contribution in [0.15, 0.2) is 29.2 Å². The highest BCUT2D eigenvalue weighted by Crippen LogP contribution is 2.22. The summed E-state index contributed by atoms with van der Waals surface area (Å²) in [5, 5.41) is 48.4. The Morgan fingerprint density at radius 3 is 2.30 bits per heavy atom. The number of aliphatic hydroxyl groups is 4. The Morgan fingerprint density at radius 1 is 1.20 bits per heavy atom. The first-order valence-corrected chi connectivity index (χ1v) is 11.0. The molecule has 0 aliphatic carbocycles. The maximum atomic E-state index is 12.6. The molecule has 0 aromatic heterocycles. The number of nitriles is 1. The Kier molecular flexibility index (Phi) is 8.34. The smallest absolute Gasteiger partial charge is 0.251 e. The van der Waals surface area contributed by atoms with E-state index >= 15 is 0 Å². The highest BCUT2D eigenvalue weighted by molar-refractivity contribution is 7.93. The number of sulfonamides is 1. The summed E-state index contributed by atoms with van der Waals surface area (Å²) in [4.78, 5) is 1.46. The van der Waals surface area contributed by atoms with E-state index in [2.05, 4.69) is 4.90 Å².